The molecule has 1 heterocycles. The zero-order valence-electron chi connectivity index (χ0n) is 13.2. The number of amides is 1. The van der Waals surface area contributed by atoms with Crippen molar-refractivity contribution >= 4 is 25.8 Å². The summed E-state index contributed by atoms with van der Waals surface area (Å²) in [6.07, 6.45) is 0.344. The van der Waals surface area contributed by atoms with Crippen LogP contribution in [0.3, 0.4) is 0 Å². The van der Waals surface area contributed by atoms with Gasteiger partial charge in [-0.05, 0) is 31.5 Å². The normalized spacial score (nSPS) is 23.8. The molecule has 1 amide bonds. The van der Waals surface area contributed by atoms with Gasteiger partial charge in [0.05, 0.1) is 21.9 Å². The smallest absolute Gasteiger partial charge is 0.251 e. The number of rotatable bonds is 4. The SMILES string of the molecule is CN(C)S(=O)(=O)c1cccc(C(=O)N[C@@]2(C)CCS(=O)(=O)C2)c1. The predicted octanol–water partition coefficient (Wildman–Crippen LogP) is 0.244. The Morgan fingerprint density at radius 1 is 1.30 bits per heavy atom. The van der Waals surface area contributed by atoms with E-state index in [0.29, 0.717) is 6.42 Å². The summed E-state index contributed by atoms with van der Waals surface area (Å²) in [5, 5.41) is 2.71. The first-order valence-electron chi connectivity index (χ1n) is 7.01. The van der Waals surface area contributed by atoms with Gasteiger partial charge in [-0.2, -0.15) is 0 Å². The number of nitrogens with one attached hydrogen (secondary N) is 1. The lowest BCUT2D eigenvalue weighted by molar-refractivity contribution is 0.0915. The number of carbonyl (C=O) groups is 1. The summed E-state index contributed by atoms with van der Waals surface area (Å²) in [4.78, 5) is 12.4. The number of hydrogen-bond donors (Lipinski definition) is 1. The summed E-state index contributed by atoms with van der Waals surface area (Å²) in [6, 6.07) is 5.68. The third kappa shape index (κ3) is 3.91. The summed E-state index contributed by atoms with van der Waals surface area (Å²) in [5.41, 5.74) is -0.648. The van der Waals surface area contributed by atoms with Gasteiger partial charge in [0.2, 0.25) is 10.0 Å². The molecule has 9 heteroatoms. The number of sulfonamides is 1. The van der Waals surface area contributed by atoms with Crippen molar-refractivity contribution in [3.05, 3.63) is 29.8 Å². The van der Waals surface area contributed by atoms with Crippen molar-refractivity contribution in [3.8, 4) is 0 Å². The monoisotopic (exact) mass is 360 g/mol. The molecule has 0 unspecified atom stereocenters. The number of carbonyl (C=O) groups excluding carboxylic acids is 1. The van der Waals surface area contributed by atoms with Gasteiger partial charge in [-0.1, -0.05) is 6.07 Å². The fraction of sp³-hybridized carbons (Fsp3) is 0.500. The van der Waals surface area contributed by atoms with Crippen LogP contribution in [0.1, 0.15) is 23.7 Å². The summed E-state index contributed by atoms with van der Waals surface area (Å²) < 4.78 is 48.5. The first kappa shape index (κ1) is 17.9. The third-order valence-corrected chi connectivity index (χ3v) is 7.51. The van der Waals surface area contributed by atoms with Gasteiger partial charge < -0.3 is 5.32 Å². The van der Waals surface area contributed by atoms with Crippen LogP contribution in [0.15, 0.2) is 29.2 Å². The molecule has 128 valence electrons. The number of hydrogen-bond acceptors (Lipinski definition) is 5. The average Bonchev–Trinajstić information content (AvgIpc) is 2.72. The zero-order valence-corrected chi connectivity index (χ0v) is 14.9. The van der Waals surface area contributed by atoms with E-state index in [1.807, 2.05) is 0 Å². The van der Waals surface area contributed by atoms with E-state index < -0.39 is 31.3 Å². The summed E-state index contributed by atoms with van der Waals surface area (Å²) in [5.74, 6) is -0.555. The summed E-state index contributed by atoms with van der Waals surface area (Å²) in [6.45, 7) is 1.68. The number of nitrogens with zero attached hydrogens (tertiary/aromatic N) is 1. The van der Waals surface area contributed by atoms with E-state index in [2.05, 4.69) is 5.32 Å². The molecule has 7 nitrogen and oxygen atoms in total. The standard InChI is InChI=1S/C14H20N2O5S2/c1-14(7-8-22(18,19)10-14)15-13(17)11-5-4-6-12(9-11)23(20,21)16(2)3/h4-6,9H,7-8,10H2,1-3H3,(H,15,17)/t14-/m0/s1. The largest absolute Gasteiger partial charge is 0.346 e. The van der Waals surface area contributed by atoms with Gasteiger partial charge in [-0.25, -0.2) is 21.1 Å². The molecule has 0 radical (unpaired) electrons. The van der Waals surface area contributed by atoms with Gasteiger partial charge in [0.25, 0.3) is 5.91 Å². The van der Waals surface area contributed by atoms with Crippen molar-refractivity contribution in [2.45, 2.75) is 23.8 Å². The quantitative estimate of drug-likeness (QED) is 0.829. The molecule has 1 aliphatic heterocycles. The number of sulfone groups is 1. The van der Waals surface area contributed by atoms with Crippen LogP contribution >= 0.6 is 0 Å². The number of benzene rings is 1. The Balaban J connectivity index is 2.25. The zero-order chi connectivity index (χ0) is 17.5. The maximum absolute atomic E-state index is 12.4. The van der Waals surface area contributed by atoms with Crippen molar-refractivity contribution in [1.82, 2.24) is 9.62 Å². The molecule has 1 aromatic carbocycles. The lowest BCUT2D eigenvalue weighted by Crippen LogP contribution is -2.46. The Kier molecular flexibility index (Phi) is 4.57. The van der Waals surface area contributed by atoms with Crippen LogP contribution in [-0.2, 0) is 19.9 Å². The molecule has 0 aromatic heterocycles. The third-order valence-electron chi connectivity index (χ3n) is 3.79. The fourth-order valence-corrected chi connectivity index (χ4v) is 5.51. The van der Waals surface area contributed by atoms with Gasteiger partial charge in [0.1, 0.15) is 0 Å². The van der Waals surface area contributed by atoms with E-state index in [1.54, 1.807) is 6.92 Å². The van der Waals surface area contributed by atoms with Crippen LogP contribution in [0.4, 0.5) is 0 Å². The van der Waals surface area contributed by atoms with E-state index in [-0.39, 0.29) is 22.0 Å². The van der Waals surface area contributed by atoms with Crippen LogP contribution in [-0.4, -0.2) is 58.2 Å². The first-order chi connectivity index (χ1) is 10.5. The van der Waals surface area contributed by atoms with Gasteiger partial charge in [-0.3, -0.25) is 4.79 Å². The molecule has 1 atom stereocenters. The van der Waals surface area contributed by atoms with Gasteiger partial charge in [0, 0.05) is 19.7 Å². The van der Waals surface area contributed by atoms with Gasteiger partial charge in [-0.15, -0.1) is 0 Å². The maximum atomic E-state index is 12.4. The van der Waals surface area contributed by atoms with Crippen molar-refractivity contribution in [3.63, 3.8) is 0 Å². The summed E-state index contributed by atoms with van der Waals surface area (Å²) >= 11 is 0. The minimum absolute atomic E-state index is 0.0133. The highest BCUT2D eigenvalue weighted by molar-refractivity contribution is 7.91. The van der Waals surface area contributed by atoms with Crippen LogP contribution in [0.2, 0.25) is 0 Å². The molecule has 0 bridgehead atoms. The topological polar surface area (TPSA) is 101 Å². The molecule has 1 aromatic rings. The van der Waals surface area contributed by atoms with Crippen molar-refractivity contribution in [2.24, 2.45) is 0 Å². The van der Waals surface area contributed by atoms with Crippen molar-refractivity contribution in [2.75, 3.05) is 25.6 Å². The minimum Gasteiger partial charge on any atom is -0.346 e. The van der Waals surface area contributed by atoms with Crippen molar-refractivity contribution in [1.29, 1.82) is 0 Å². The molecule has 1 aliphatic rings. The minimum atomic E-state index is -3.64. The van der Waals surface area contributed by atoms with Crippen LogP contribution in [0, 0.1) is 0 Å². The van der Waals surface area contributed by atoms with Crippen LogP contribution in [0.25, 0.3) is 0 Å². The Morgan fingerprint density at radius 3 is 2.48 bits per heavy atom. The van der Waals surface area contributed by atoms with E-state index in [1.165, 1.54) is 38.4 Å². The molecular formula is C14H20N2O5S2. The Bertz CT molecular complexity index is 830. The molecule has 0 aliphatic carbocycles. The molecule has 0 spiro atoms. The second kappa shape index (κ2) is 5.88. The average molecular weight is 360 g/mol. The Labute approximate surface area is 136 Å². The van der Waals surface area contributed by atoms with Crippen molar-refractivity contribution < 1.29 is 21.6 Å². The second-order valence-electron chi connectivity index (χ2n) is 6.17. The highest BCUT2D eigenvalue weighted by Crippen LogP contribution is 2.23. The predicted molar refractivity (Wildman–Crippen MR) is 86.5 cm³/mol. The lowest BCUT2D eigenvalue weighted by Gasteiger charge is -2.24. The van der Waals surface area contributed by atoms with E-state index >= 15 is 0 Å². The van der Waals surface area contributed by atoms with Crippen LogP contribution < -0.4 is 5.32 Å². The molecule has 2 rings (SSSR count). The molecular weight excluding hydrogens is 340 g/mol. The van der Waals surface area contributed by atoms with Gasteiger partial charge >= 0.3 is 0 Å². The molecule has 23 heavy (non-hydrogen) atoms. The highest BCUT2D eigenvalue weighted by atomic mass is 32.2. The molecule has 1 saturated heterocycles. The van der Waals surface area contributed by atoms with Gasteiger partial charge in [0.15, 0.2) is 9.84 Å². The summed E-state index contributed by atoms with van der Waals surface area (Å²) in [7, 11) is -3.96. The Hall–Kier alpha value is -1.45. The molecule has 1 fully saturated rings. The highest BCUT2D eigenvalue weighted by Gasteiger charge is 2.39. The molecule has 1 N–H and O–H groups in total. The fourth-order valence-electron chi connectivity index (χ4n) is 2.46. The first-order valence-corrected chi connectivity index (χ1v) is 10.3. The lowest BCUT2D eigenvalue weighted by atomic mass is 10.0. The second-order valence-corrected chi connectivity index (χ2v) is 10.5. The Morgan fingerprint density at radius 2 is 1.96 bits per heavy atom. The van der Waals surface area contributed by atoms with E-state index in [0.717, 1.165) is 4.31 Å². The molecule has 0 saturated carbocycles. The van der Waals surface area contributed by atoms with Crippen LogP contribution in [0.5, 0.6) is 0 Å². The van der Waals surface area contributed by atoms with E-state index in [9.17, 15) is 21.6 Å². The maximum Gasteiger partial charge on any atom is 0.251 e. The van der Waals surface area contributed by atoms with E-state index in [4.69, 9.17) is 0 Å².